The summed E-state index contributed by atoms with van der Waals surface area (Å²) >= 11 is 1.12. The van der Waals surface area contributed by atoms with E-state index in [9.17, 15) is 8.78 Å². The highest BCUT2D eigenvalue weighted by Crippen LogP contribution is 2.30. The molecule has 1 atom stereocenters. The lowest BCUT2D eigenvalue weighted by Crippen LogP contribution is -2.12. The molecule has 2 rings (SSSR count). The van der Waals surface area contributed by atoms with E-state index >= 15 is 0 Å². The summed E-state index contributed by atoms with van der Waals surface area (Å²) in [4.78, 5) is 4.41. The maximum Gasteiger partial charge on any atom is 0.137 e. The summed E-state index contributed by atoms with van der Waals surface area (Å²) < 4.78 is 26.7. The van der Waals surface area contributed by atoms with E-state index in [0.29, 0.717) is 5.03 Å². The Kier molecular flexibility index (Phi) is 4.50. The second-order valence-electron chi connectivity index (χ2n) is 4.11. The first-order valence-electron chi connectivity index (χ1n) is 5.86. The summed E-state index contributed by atoms with van der Waals surface area (Å²) in [6.45, 7) is 2.02. The molecule has 1 aromatic heterocycles. The fraction of sp³-hybridized carbons (Fsp3) is 0.214. The van der Waals surface area contributed by atoms with Crippen molar-refractivity contribution in [3.63, 3.8) is 0 Å². The van der Waals surface area contributed by atoms with Gasteiger partial charge in [-0.25, -0.2) is 13.8 Å². The van der Waals surface area contributed by atoms with Gasteiger partial charge >= 0.3 is 0 Å². The molecule has 5 heteroatoms. The van der Waals surface area contributed by atoms with E-state index < -0.39 is 11.6 Å². The van der Waals surface area contributed by atoms with Crippen molar-refractivity contribution in [3.8, 4) is 0 Å². The van der Waals surface area contributed by atoms with Gasteiger partial charge in [0.15, 0.2) is 0 Å². The smallest absolute Gasteiger partial charge is 0.137 e. The molecule has 0 radical (unpaired) electrons. The highest BCUT2D eigenvalue weighted by atomic mass is 32.2. The highest BCUT2D eigenvalue weighted by Gasteiger charge is 2.09. The largest absolute Gasteiger partial charge is 0.313 e. The zero-order valence-electron chi connectivity index (χ0n) is 10.7. The van der Waals surface area contributed by atoms with E-state index in [1.54, 1.807) is 6.20 Å². The number of hydrogen-bond donors (Lipinski definition) is 1. The Morgan fingerprint density at radius 1 is 1.21 bits per heavy atom. The van der Waals surface area contributed by atoms with Gasteiger partial charge in [-0.2, -0.15) is 0 Å². The van der Waals surface area contributed by atoms with Gasteiger partial charge in [0.1, 0.15) is 16.7 Å². The number of nitrogens with zero attached hydrogens (tertiary/aromatic N) is 1. The van der Waals surface area contributed by atoms with Crippen LogP contribution in [0.15, 0.2) is 46.5 Å². The Morgan fingerprint density at radius 3 is 2.74 bits per heavy atom. The molecule has 0 saturated heterocycles. The van der Waals surface area contributed by atoms with Crippen molar-refractivity contribution in [2.24, 2.45) is 0 Å². The maximum absolute atomic E-state index is 13.6. The predicted molar refractivity (Wildman–Crippen MR) is 72.2 cm³/mol. The van der Waals surface area contributed by atoms with Gasteiger partial charge in [-0.3, -0.25) is 0 Å². The fourth-order valence-corrected chi connectivity index (χ4v) is 2.46. The van der Waals surface area contributed by atoms with Crippen molar-refractivity contribution >= 4 is 11.8 Å². The van der Waals surface area contributed by atoms with Crippen LogP contribution in [0.3, 0.4) is 0 Å². The predicted octanol–water partition coefficient (Wildman–Crippen LogP) is 3.79. The van der Waals surface area contributed by atoms with E-state index in [1.807, 2.05) is 26.1 Å². The van der Waals surface area contributed by atoms with E-state index in [-0.39, 0.29) is 10.9 Å². The third-order valence-corrected chi connectivity index (χ3v) is 3.76. The SMILES string of the molecule is CNC(C)c1ccnc(Sc2cc(F)ccc2F)c1. The number of benzene rings is 1. The molecule has 0 aliphatic carbocycles. The van der Waals surface area contributed by atoms with Gasteiger partial charge < -0.3 is 5.32 Å². The summed E-state index contributed by atoms with van der Waals surface area (Å²) in [7, 11) is 1.87. The lowest BCUT2D eigenvalue weighted by Gasteiger charge is -2.11. The topological polar surface area (TPSA) is 24.9 Å². The van der Waals surface area contributed by atoms with Crippen molar-refractivity contribution in [1.82, 2.24) is 10.3 Å². The summed E-state index contributed by atoms with van der Waals surface area (Å²) in [6.07, 6.45) is 1.67. The van der Waals surface area contributed by atoms with Crippen LogP contribution in [0, 0.1) is 11.6 Å². The van der Waals surface area contributed by atoms with Crippen LogP contribution in [0.1, 0.15) is 18.5 Å². The monoisotopic (exact) mass is 280 g/mol. The summed E-state index contributed by atoms with van der Waals surface area (Å²) in [6, 6.07) is 7.35. The number of hydrogen-bond acceptors (Lipinski definition) is 3. The van der Waals surface area contributed by atoms with Gasteiger partial charge in [0.05, 0.1) is 4.90 Å². The van der Waals surface area contributed by atoms with Crippen LogP contribution in [-0.2, 0) is 0 Å². The van der Waals surface area contributed by atoms with Crippen molar-refractivity contribution in [2.75, 3.05) is 7.05 Å². The maximum atomic E-state index is 13.6. The minimum absolute atomic E-state index is 0.180. The quantitative estimate of drug-likeness (QED) is 0.922. The molecule has 2 nitrogen and oxygen atoms in total. The Bertz CT molecular complexity index is 575. The summed E-state index contributed by atoms with van der Waals surface area (Å²) in [5.74, 6) is -0.899. The Hall–Kier alpha value is -1.46. The Balaban J connectivity index is 2.26. The first kappa shape index (κ1) is 14.0. The number of nitrogens with one attached hydrogen (secondary N) is 1. The van der Waals surface area contributed by atoms with Crippen molar-refractivity contribution in [3.05, 3.63) is 53.7 Å². The third-order valence-electron chi connectivity index (χ3n) is 2.80. The number of pyridine rings is 1. The molecule has 19 heavy (non-hydrogen) atoms. The molecule has 0 saturated carbocycles. The highest BCUT2D eigenvalue weighted by molar-refractivity contribution is 7.99. The van der Waals surface area contributed by atoms with Gasteiger partial charge in [0.2, 0.25) is 0 Å². The van der Waals surface area contributed by atoms with Crippen LogP contribution in [0.2, 0.25) is 0 Å². The van der Waals surface area contributed by atoms with Crippen LogP contribution in [-0.4, -0.2) is 12.0 Å². The molecule has 2 aromatic rings. The second kappa shape index (κ2) is 6.12. The molecule has 0 amide bonds. The average molecular weight is 280 g/mol. The first-order chi connectivity index (χ1) is 9.10. The molecule has 1 unspecified atom stereocenters. The lowest BCUT2D eigenvalue weighted by atomic mass is 10.1. The van der Waals surface area contributed by atoms with Gasteiger partial charge in [-0.15, -0.1) is 0 Å². The molecule has 0 fully saturated rings. The van der Waals surface area contributed by atoms with Crippen LogP contribution in [0.4, 0.5) is 8.78 Å². The summed E-state index contributed by atoms with van der Waals surface area (Å²) in [5.41, 5.74) is 1.05. The molecule has 0 spiro atoms. The third kappa shape index (κ3) is 3.52. The minimum Gasteiger partial charge on any atom is -0.313 e. The lowest BCUT2D eigenvalue weighted by molar-refractivity contribution is 0.577. The molecule has 100 valence electrons. The molecular formula is C14H14F2N2S. The Labute approximate surface area is 115 Å². The van der Waals surface area contributed by atoms with Crippen LogP contribution >= 0.6 is 11.8 Å². The van der Waals surface area contributed by atoms with Gasteiger partial charge in [0, 0.05) is 12.2 Å². The van der Waals surface area contributed by atoms with Crippen LogP contribution in [0.5, 0.6) is 0 Å². The van der Waals surface area contributed by atoms with Gasteiger partial charge in [0.25, 0.3) is 0 Å². The van der Waals surface area contributed by atoms with Crippen LogP contribution in [0.25, 0.3) is 0 Å². The van der Waals surface area contributed by atoms with Crippen molar-refractivity contribution in [1.29, 1.82) is 0 Å². The molecular weight excluding hydrogens is 266 g/mol. The molecule has 1 heterocycles. The normalized spacial score (nSPS) is 12.4. The first-order valence-corrected chi connectivity index (χ1v) is 6.68. The fourth-order valence-electron chi connectivity index (χ4n) is 1.58. The minimum atomic E-state index is -0.455. The second-order valence-corrected chi connectivity index (χ2v) is 5.18. The molecule has 0 bridgehead atoms. The standard InChI is InChI=1S/C14H14F2N2S/c1-9(17-2)10-5-6-18-14(7-10)19-13-8-11(15)3-4-12(13)16/h3-9,17H,1-2H3. The molecule has 1 aromatic carbocycles. The molecule has 0 aliphatic rings. The van der Waals surface area contributed by atoms with E-state index in [4.69, 9.17) is 0 Å². The Morgan fingerprint density at radius 2 is 2.00 bits per heavy atom. The van der Waals surface area contributed by atoms with Crippen molar-refractivity contribution < 1.29 is 8.78 Å². The van der Waals surface area contributed by atoms with Gasteiger partial charge in [-0.1, -0.05) is 11.8 Å². The van der Waals surface area contributed by atoms with E-state index in [1.165, 1.54) is 6.07 Å². The number of aromatic nitrogens is 1. The van der Waals surface area contributed by atoms with Gasteiger partial charge in [-0.05, 0) is 49.9 Å². The number of halogens is 2. The average Bonchev–Trinajstić information content (AvgIpc) is 2.42. The summed E-state index contributed by atoms with van der Waals surface area (Å²) in [5, 5.41) is 3.76. The molecule has 0 aliphatic heterocycles. The number of rotatable bonds is 4. The zero-order valence-corrected chi connectivity index (χ0v) is 11.5. The zero-order chi connectivity index (χ0) is 13.8. The molecule has 1 N–H and O–H groups in total. The van der Waals surface area contributed by atoms with E-state index in [2.05, 4.69) is 10.3 Å². The van der Waals surface area contributed by atoms with E-state index in [0.717, 1.165) is 29.5 Å². The van der Waals surface area contributed by atoms with Crippen molar-refractivity contribution in [2.45, 2.75) is 22.9 Å². The van der Waals surface area contributed by atoms with Crippen LogP contribution < -0.4 is 5.32 Å².